The number of carbonyl (C=O) groups excluding carboxylic acids is 1. The van der Waals surface area contributed by atoms with Crippen LogP contribution in [0.3, 0.4) is 0 Å². The number of allylic oxidation sites excluding steroid dienone is 3. The minimum Gasteiger partial charge on any atom is -0.497 e. The van der Waals surface area contributed by atoms with E-state index in [-0.39, 0.29) is 17.2 Å². The van der Waals surface area contributed by atoms with Crippen molar-refractivity contribution in [1.29, 1.82) is 5.26 Å². The molecule has 1 aliphatic heterocycles. The number of benzene rings is 1. The Hall–Kier alpha value is -2.94. The Labute approximate surface area is 140 Å². The van der Waals surface area contributed by atoms with E-state index in [1.807, 2.05) is 0 Å². The maximum absolute atomic E-state index is 12.6. The summed E-state index contributed by atoms with van der Waals surface area (Å²) in [7, 11) is 3.10. The standard InChI is InChI=1S/C18H18N2O4/c1-22-10-6-7-14(23-2)11(8-10)16-12(9-19)18(20)24-15-5-3-4-13(21)17(15)16/h6-8,16H,3-5,20H2,1-2H3. The summed E-state index contributed by atoms with van der Waals surface area (Å²) in [5, 5.41) is 9.59. The highest BCUT2D eigenvalue weighted by molar-refractivity contribution is 5.99. The predicted octanol–water partition coefficient (Wildman–Crippen LogP) is 2.52. The van der Waals surface area contributed by atoms with Gasteiger partial charge < -0.3 is 19.9 Å². The highest BCUT2D eigenvalue weighted by atomic mass is 16.5. The molecule has 1 heterocycles. The summed E-state index contributed by atoms with van der Waals surface area (Å²) in [6, 6.07) is 7.38. The number of rotatable bonds is 3. The molecule has 3 rings (SSSR count). The van der Waals surface area contributed by atoms with Gasteiger partial charge in [-0.1, -0.05) is 0 Å². The fourth-order valence-corrected chi connectivity index (χ4v) is 3.23. The smallest absolute Gasteiger partial charge is 0.205 e. The van der Waals surface area contributed by atoms with Crippen molar-refractivity contribution in [2.24, 2.45) is 5.73 Å². The molecule has 1 unspecified atom stereocenters. The van der Waals surface area contributed by atoms with Gasteiger partial charge in [0.25, 0.3) is 0 Å². The van der Waals surface area contributed by atoms with Crippen LogP contribution in [0.1, 0.15) is 30.7 Å². The van der Waals surface area contributed by atoms with Crippen LogP contribution in [0.5, 0.6) is 11.5 Å². The average Bonchev–Trinajstić information content (AvgIpc) is 2.60. The lowest BCUT2D eigenvalue weighted by molar-refractivity contribution is -0.116. The van der Waals surface area contributed by atoms with Crippen LogP contribution in [0.15, 0.2) is 41.0 Å². The fraction of sp³-hybridized carbons (Fsp3) is 0.333. The topological polar surface area (TPSA) is 94.6 Å². The molecular formula is C18H18N2O4. The second-order valence-electron chi connectivity index (χ2n) is 5.65. The summed E-state index contributed by atoms with van der Waals surface area (Å²) >= 11 is 0. The molecule has 1 aromatic carbocycles. The Morgan fingerprint density at radius 3 is 2.75 bits per heavy atom. The molecule has 24 heavy (non-hydrogen) atoms. The fourth-order valence-electron chi connectivity index (χ4n) is 3.23. The molecule has 0 spiro atoms. The normalized spacial score (nSPS) is 20.2. The first kappa shape index (κ1) is 15.9. The number of nitrogens with two attached hydrogens (primary N) is 1. The third-order valence-corrected chi connectivity index (χ3v) is 4.35. The van der Waals surface area contributed by atoms with E-state index in [4.69, 9.17) is 19.9 Å². The molecule has 0 fully saturated rings. The van der Waals surface area contributed by atoms with E-state index in [9.17, 15) is 10.1 Å². The van der Waals surface area contributed by atoms with Gasteiger partial charge in [0.1, 0.15) is 28.9 Å². The molecule has 2 aliphatic rings. The summed E-state index contributed by atoms with van der Waals surface area (Å²) in [6.07, 6.45) is 1.78. The van der Waals surface area contributed by atoms with Crippen LogP contribution in [0.4, 0.5) is 0 Å². The number of hydrogen-bond donors (Lipinski definition) is 1. The summed E-state index contributed by atoms with van der Waals surface area (Å²) in [5.74, 6) is 1.15. The van der Waals surface area contributed by atoms with E-state index >= 15 is 0 Å². The SMILES string of the molecule is COc1ccc(OC)c(C2C(C#N)=C(N)OC3=C2C(=O)CCC3)c1. The highest BCUT2D eigenvalue weighted by Gasteiger charge is 2.39. The zero-order valence-electron chi connectivity index (χ0n) is 13.6. The first-order valence-electron chi connectivity index (χ1n) is 7.66. The molecule has 124 valence electrons. The summed E-state index contributed by atoms with van der Waals surface area (Å²) in [6.45, 7) is 0. The van der Waals surface area contributed by atoms with E-state index < -0.39 is 5.92 Å². The predicted molar refractivity (Wildman–Crippen MR) is 86.1 cm³/mol. The van der Waals surface area contributed by atoms with E-state index in [2.05, 4.69) is 6.07 Å². The van der Waals surface area contributed by atoms with Crippen LogP contribution < -0.4 is 15.2 Å². The maximum Gasteiger partial charge on any atom is 0.205 e. The summed E-state index contributed by atoms with van der Waals surface area (Å²) in [4.78, 5) is 12.6. The van der Waals surface area contributed by atoms with Gasteiger partial charge in [0.15, 0.2) is 5.78 Å². The molecule has 1 aliphatic carbocycles. The molecule has 0 saturated carbocycles. The monoisotopic (exact) mass is 326 g/mol. The van der Waals surface area contributed by atoms with E-state index in [1.165, 1.54) is 0 Å². The van der Waals surface area contributed by atoms with Gasteiger partial charge in [-0.25, -0.2) is 0 Å². The van der Waals surface area contributed by atoms with Gasteiger partial charge in [-0.3, -0.25) is 4.79 Å². The minimum absolute atomic E-state index is 0.0219. The number of carbonyl (C=O) groups is 1. The van der Waals surface area contributed by atoms with Crippen LogP contribution in [0, 0.1) is 11.3 Å². The molecule has 0 amide bonds. The number of ether oxygens (including phenoxy) is 3. The summed E-state index contributed by atoms with van der Waals surface area (Å²) < 4.78 is 16.3. The Morgan fingerprint density at radius 2 is 2.08 bits per heavy atom. The van der Waals surface area contributed by atoms with E-state index in [0.717, 1.165) is 6.42 Å². The van der Waals surface area contributed by atoms with Gasteiger partial charge in [-0.15, -0.1) is 0 Å². The van der Waals surface area contributed by atoms with Crippen molar-refractivity contribution in [3.63, 3.8) is 0 Å². The number of nitriles is 1. The number of hydrogen-bond acceptors (Lipinski definition) is 6. The number of nitrogens with zero attached hydrogens (tertiary/aromatic N) is 1. The van der Waals surface area contributed by atoms with Gasteiger partial charge in [0.2, 0.25) is 5.88 Å². The Balaban J connectivity index is 2.25. The van der Waals surface area contributed by atoms with E-state index in [0.29, 0.717) is 41.2 Å². The first-order valence-corrected chi connectivity index (χ1v) is 7.66. The van der Waals surface area contributed by atoms with E-state index in [1.54, 1.807) is 32.4 Å². The maximum atomic E-state index is 12.6. The molecule has 1 aromatic rings. The molecule has 1 atom stereocenters. The molecular weight excluding hydrogens is 308 g/mol. The van der Waals surface area contributed by atoms with Gasteiger partial charge >= 0.3 is 0 Å². The zero-order chi connectivity index (χ0) is 17.3. The van der Waals surface area contributed by atoms with Crippen LogP contribution in [-0.4, -0.2) is 20.0 Å². The van der Waals surface area contributed by atoms with Crippen molar-refractivity contribution in [2.75, 3.05) is 14.2 Å². The third kappa shape index (κ3) is 2.48. The highest BCUT2D eigenvalue weighted by Crippen LogP contribution is 2.46. The zero-order valence-corrected chi connectivity index (χ0v) is 13.6. The van der Waals surface area contributed by atoms with Crippen molar-refractivity contribution in [3.8, 4) is 17.6 Å². The van der Waals surface area contributed by atoms with Gasteiger partial charge in [-0.05, 0) is 24.6 Å². The molecule has 2 N–H and O–H groups in total. The van der Waals surface area contributed by atoms with Crippen molar-refractivity contribution in [1.82, 2.24) is 0 Å². The lowest BCUT2D eigenvalue weighted by Crippen LogP contribution is -2.27. The lowest BCUT2D eigenvalue weighted by Gasteiger charge is -2.31. The van der Waals surface area contributed by atoms with Crippen molar-refractivity contribution >= 4 is 5.78 Å². The van der Waals surface area contributed by atoms with Crippen molar-refractivity contribution < 1.29 is 19.0 Å². The van der Waals surface area contributed by atoms with Crippen LogP contribution in [-0.2, 0) is 9.53 Å². The van der Waals surface area contributed by atoms with Crippen molar-refractivity contribution in [3.05, 3.63) is 46.6 Å². The van der Waals surface area contributed by atoms with Crippen molar-refractivity contribution in [2.45, 2.75) is 25.2 Å². The quantitative estimate of drug-likeness (QED) is 0.917. The molecule has 6 nitrogen and oxygen atoms in total. The minimum atomic E-state index is -0.600. The lowest BCUT2D eigenvalue weighted by atomic mass is 9.77. The number of methoxy groups -OCH3 is 2. The van der Waals surface area contributed by atoms with Crippen LogP contribution >= 0.6 is 0 Å². The van der Waals surface area contributed by atoms with Crippen LogP contribution in [0.2, 0.25) is 0 Å². The largest absolute Gasteiger partial charge is 0.497 e. The second kappa shape index (κ2) is 6.28. The number of ketones is 1. The van der Waals surface area contributed by atoms with Gasteiger partial charge in [0, 0.05) is 24.0 Å². The molecule has 0 aromatic heterocycles. The van der Waals surface area contributed by atoms with Gasteiger partial charge in [0.05, 0.1) is 20.1 Å². The first-order chi connectivity index (χ1) is 11.6. The molecule has 6 heteroatoms. The third-order valence-electron chi connectivity index (χ3n) is 4.35. The molecule has 0 bridgehead atoms. The second-order valence-corrected chi connectivity index (χ2v) is 5.65. The Morgan fingerprint density at radius 1 is 1.29 bits per heavy atom. The average molecular weight is 326 g/mol. The number of Topliss-reactive ketones (excluding diaryl/α,β-unsaturated/α-hetero) is 1. The molecule has 0 saturated heterocycles. The summed E-state index contributed by atoms with van der Waals surface area (Å²) in [5.41, 5.74) is 7.33. The van der Waals surface area contributed by atoms with Crippen LogP contribution in [0.25, 0.3) is 0 Å². The molecule has 0 radical (unpaired) electrons. The van der Waals surface area contributed by atoms with Gasteiger partial charge in [-0.2, -0.15) is 5.26 Å². The Bertz CT molecular complexity index is 802. The Kier molecular flexibility index (Phi) is 4.17.